The van der Waals surface area contributed by atoms with E-state index in [-0.39, 0.29) is 17.3 Å². The lowest BCUT2D eigenvalue weighted by Crippen LogP contribution is -2.47. The molecule has 2 aliphatic rings. The summed E-state index contributed by atoms with van der Waals surface area (Å²) in [6.07, 6.45) is 3.71. The summed E-state index contributed by atoms with van der Waals surface area (Å²) in [7, 11) is 0. The van der Waals surface area contributed by atoms with Gasteiger partial charge in [-0.3, -0.25) is 4.79 Å². The monoisotopic (exact) mass is 352 g/mol. The van der Waals surface area contributed by atoms with Crippen LogP contribution in [0.1, 0.15) is 13.3 Å². The van der Waals surface area contributed by atoms with E-state index in [4.69, 9.17) is 4.74 Å². The van der Waals surface area contributed by atoms with E-state index in [1.807, 2.05) is 0 Å². The van der Waals surface area contributed by atoms with Gasteiger partial charge < -0.3 is 25.2 Å². The van der Waals surface area contributed by atoms with Crippen molar-refractivity contribution in [3.8, 4) is 11.8 Å². The van der Waals surface area contributed by atoms with Crippen molar-refractivity contribution in [2.24, 2.45) is 0 Å². The summed E-state index contributed by atoms with van der Waals surface area (Å²) < 4.78 is 5.86. The van der Waals surface area contributed by atoms with Gasteiger partial charge in [0.2, 0.25) is 0 Å². The van der Waals surface area contributed by atoms with Crippen molar-refractivity contribution >= 4 is 19.1 Å². The van der Waals surface area contributed by atoms with Crippen LogP contribution in [0.5, 0.6) is 0 Å². The van der Waals surface area contributed by atoms with Gasteiger partial charge in [-0.2, -0.15) is 0 Å². The van der Waals surface area contributed by atoms with Crippen LogP contribution in [0, 0.1) is 11.8 Å². The van der Waals surface area contributed by atoms with E-state index in [1.54, 1.807) is 6.92 Å². The van der Waals surface area contributed by atoms with Crippen molar-refractivity contribution in [3.63, 3.8) is 0 Å². The standard InChI is InChI=1S/C17H25N2O4P/c1-6-7-12-10-19(11(2)18-16(12)22)17-15(21)14(20)13(23-17)8-9-24(3,4)5/h10,13-15,17,20-21H,2-3,8-9H2,1,4-5H3,(H,18,22)/t13?,14-,15-,17-/m1/s1. The van der Waals surface area contributed by atoms with E-state index in [9.17, 15) is 15.0 Å². The number of rotatable bonds is 4. The largest absolute Gasteiger partial charge is 0.388 e. The smallest absolute Gasteiger partial charge is 0.266 e. The van der Waals surface area contributed by atoms with Crippen LogP contribution < -0.4 is 5.32 Å². The average Bonchev–Trinajstić information content (AvgIpc) is 2.75. The maximum absolute atomic E-state index is 11.9. The molecule has 1 fully saturated rings. The van der Waals surface area contributed by atoms with Crippen molar-refractivity contribution in [1.82, 2.24) is 10.2 Å². The fourth-order valence-corrected chi connectivity index (χ4v) is 3.62. The molecule has 1 unspecified atom stereocenters. The Hall–Kier alpha value is -1.51. The Morgan fingerprint density at radius 2 is 2.08 bits per heavy atom. The Balaban J connectivity index is 2.18. The highest BCUT2D eigenvalue weighted by atomic mass is 31.2. The normalized spacial score (nSPS) is 30.5. The second-order valence-corrected chi connectivity index (χ2v) is 11.0. The van der Waals surface area contributed by atoms with Gasteiger partial charge in [0.05, 0.1) is 6.10 Å². The summed E-state index contributed by atoms with van der Waals surface area (Å²) in [6.45, 7) is 8.39. The van der Waals surface area contributed by atoms with Crippen molar-refractivity contribution in [2.45, 2.75) is 37.9 Å². The molecule has 1 saturated heterocycles. The molecule has 0 aromatic rings. The zero-order valence-corrected chi connectivity index (χ0v) is 15.2. The first kappa shape index (κ1) is 18.8. The van der Waals surface area contributed by atoms with E-state index in [2.05, 4.69) is 43.4 Å². The third-order valence-corrected chi connectivity index (χ3v) is 5.44. The van der Waals surface area contributed by atoms with Gasteiger partial charge in [0, 0.05) is 6.20 Å². The molecule has 1 amide bonds. The second-order valence-electron chi connectivity index (χ2n) is 6.72. The summed E-state index contributed by atoms with van der Waals surface area (Å²) in [4.78, 5) is 13.4. The minimum Gasteiger partial charge on any atom is -0.388 e. The number of carbonyl (C=O) groups excluding carboxylic acids is 1. The molecule has 7 heteroatoms. The zero-order valence-electron chi connectivity index (χ0n) is 14.3. The Kier molecular flexibility index (Phi) is 5.62. The SMILES string of the molecule is C=C1NC(=O)C(C#CC)=CN1[C@@H]1OC(CCP(=C)(C)C)[C@@H](O)[C@H]1O. The number of amides is 1. The number of carbonyl (C=O) groups is 1. The van der Waals surface area contributed by atoms with Crippen LogP contribution in [0.15, 0.2) is 24.2 Å². The van der Waals surface area contributed by atoms with Gasteiger partial charge in [0.25, 0.3) is 5.91 Å². The first-order valence-electron chi connectivity index (χ1n) is 7.76. The van der Waals surface area contributed by atoms with Gasteiger partial charge in [-0.25, -0.2) is 0 Å². The molecule has 24 heavy (non-hydrogen) atoms. The van der Waals surface area contributed by atoms with E-state index in [0.29, 0.717) is 6.42 Å². The first-order valence-corrected chi connectivity index (χ1v) is 10.8. The van der Waals surface area contributed by atoms with Crippen LogP contribution in [0.25, 0.3) is 0 Å². The molecule has 0 bridgehead atoms. The molecule has 0 spiro atoms. The molecule has 0 radical (unpaired) electrons. The zero-order chi connectivity index (χ0) is 18.1. The number of ether oxygens (including phenoxy) is 1. The summed E-state index contributed by atoms with van der Waals surface area (Å²) >= 11 is 0. The molecule has 2 aliphatic heterocycles. The maximum Gasteiger partial charge on any atom is 0.266 e. The highest BCUT2D eigenvalue weighted by Crippen LogP contribution is 2.38. The molecule has 6 nitrogen and oxygen atoms in total. The molecule has 3 N–H and O–H groups in total. The molecule has 0 aliphatic carbocycles. The summed E-state index contributed by atoms with van der Waals surface area (Å²) in [5, 5.41) is 23.2. The molecule has 132 valence electrons. The van der Waals surface area contributed by atoms with Gasteiger partial charge in [-0.1, -0.05) is 12.5 Å². The van der Waals surface area contributed by atoms with Gasteiger partial charge in [0.15, 0.2) is 6.23 Å². The van der Waals surface area contributed by atoms with Crippen LogP contribution in [0.2, 0.25) is 0 Å². The van der Waals surface area contributed by atoms with Crippen molar-refractivity contribution in [2.75, 3.05) is 19.5 Å². The number of aliphatic hydroxyl groups excluding tert-OH is 2. The topological polar surface area (TPSA) is 82.0 Å². The minimum atomic E-state index is -1.25. The van der Waals surface area contributed by atoms with Crippen LogP contribution in [-0.4, -0.2) is 71.4 Å². The molecule has 2 rings (SSSR count). The maximum atomic E-state index is 11.9. The number of hydrogen-bond acceptors (Lipinski definition) is 5. The lowest BCUT2D eigenvalue weighted by Gasteiger charge is -2.33. The average molecular weight is 352 g/mol. The van der Waals surface area contributed by atoms with E-state index >= 15 is 0 Å². The summed E-state index contributed by atoms with van der Waals surface area (Å²) in [5.41, 5.74) is 0.253. The lowest BCUT2D eigenvalue weighted by molar-refractivity contribution is -0.119. The van der Waals surface area contributed by atoms with Gasteiger partial charge >= 0.3 is 0 Å². The van der Waals surface area contributed by atoms with Crippen LogP contribution >= 0.6 is 6.89 Å². The molecular weight excluding hydrogens is 327 g/mol. The lowest BCUT2D eigenvalue weighted by atomic mass is 10.1. The van der Waals surface area contributed by atoms with Gasteiger partial charge in [0.1, 0.15) is 23.6 Å². The molecule has 0 aromatic carbocycles. The third kappa shape index (κ3) is 4.12. The molecule has 4 atom stereocenters. The minimum absolute atomic E-state index is 0.253. The third-order valence-electron chi connectivity index (χ3n) is 3.97. The van der Waals surface area contributed by atoms with Crippen molar-refractivity contribution in [1.29, 1.82) is 0 Å². The Morgan fingerprint density at radius 1 is 1.42 bits per heavy atom. The first-order chi connectivity index (χ1) is 11.1. The second kappa shape index (κ2) is 7.16. The number of hydrogen-bond donors (Lipinski definition) is 3. The Labute approximate surface area is 143 Å². The predicted octanol–water partition coefficient (Wildman–Crippen LogP) is 0.343. The van der Waals surface area contributed by atoms with Gasteiger partial charge in [-0.05, 0) is 32.8 Å². The molecule has 0 saturated carbocycles. The van der Waals surface area contributed by atoms with Gasteiger partial charge in [-0.15, -0.1) is 19.1 Å². The van der Waals surface area contributed by atoms with E-state index < -0.39 is 31.4 Å². The Bertz CT molecular complexity index is 670. The quantitative estimate of drug-likeness (QED) is 0.502. The van der Waals surface area contributed by atoms with Crippen molar-refractivity contribution in [3.05, 3.63) is 24.2 Å². The van der Waals surface area contributed by atoms with E-state index in [1.165, 1.54) is 11.1 Å². The fraction of sp³-hybridized carbons (Fsp3) is 0.529. The number of nitrogens with zero attached hydrogens (tertiary/aromatic N) is 1. The van der Waals surface area contributed by atoms with Crippen LogP contribution in [-0.2, 0) is 9.53 Å². The predicted molar refractivity (Wildman–Crippen MR) is 96.7 cm³/mol. The number of nitrogens with one attached hydrogen (secondary N) is 1. The molecule has 2 heterocycles. The van der Waals surface area contributed by atoms with Crippen molar-refractivity contribution < 1.29 is 19.7 Å². The van der Waals surface area contributed by atoms with E-state index in [0.717, 1.165) is 6.16 Å². The number of aliphatic hydroxyl groups is 2. The Morgan fingerprint density at radius 3 is 2.67 bits per heavy atom. The summed E-state index contributed by atoms with van der Waals surface area (Å²) in [5.74, 6) is 5.30. The van der Waals surface area contributed by atoms with Crippen LogP contribution in [0.3, 0.4) is 0 Å². The highest BCUT2D eigenvalue weighted by molar-refractivity contribution is 7.72. The molecular formula is C17H25N2O4P. The summed E-state index contributed by atoms with van der Waals surface area (Å²) in [6, 6.07) is 0. The van der Waals surface area contributed by atoms with Crippen LogP contribution in [0.4, 0.5) is 0 Å². The highest BCUT2D eigenvalue weighted by Gasteiger charge is 2.46. The molecule has 0 aromatic heterocycles. The fourth-order valence-electron chi connectivity index (χ4n) is 2.66.